The van der Waals surface area contributed by atoms with Crippen molar-refractivity contribution in [3.8, 4) is 0 Å². The summed E-state index contributed by atoms with van der Waals surface area (Å²) in [4.78, 5) is 22.7. The van der Waals surface area contributed by atoms with Crippen LogP contribution in [0.25, 0.3) is 0 Å². The number of anilines is 1. The molecule has 1 aromatic rings. The van der Waals surface area contributed by atoms with Crippen molar-refractivity contribution < 1.29 is 19.1 Å². The lowest BCUT2D eigenvalue weighted by atomic mass is 10.1. The number of benzene rings is 1. The standard InChI is InChI=1S/C11H10FNO3S/c1-5(4-14)17-9-3-8-6(2-7(9)12)10(15)11(16)13-8/h2-3,5,14H,4H2,1H3,(H,13,15,16). The van der Waals surface area contributed by atoms with Crippen molar-refractivity contribution in [1.29, 1.82) is 0 Å². The van der Waals surface area contributed by atoms with E-state index in [1.807, 2.05) is 0 Å². The number of hydrogen-bond acceptors (Lipinski definition) is 4. The van der Waals surface area contributed by atoms with Crippen molar-refractivity contribution in [3.63, 3.8) is 0 Å². The molecule has 0 aliphatic carbocycles. The van der Waals surface area contributed by atoms with Gasteiger partial charge in [0.15, 0.2) is 0 Å². The van der Waals surface area contributed by atoms with E-state index in [-0.39, 0.29) is 17.4 Å². The van der Waals surface area contributed by atoms with E-state index in [4.69, 9.17) is 5.11 Å². The first-order valence-electron chi connectivity index (χ1n) is 4.99. The molecular formula is C11H10FNO3S. The van der Waals surface area contributed by atoms with Gasteiger partial charge in [-0.1, -0.05) is 6.92 Å². The second-order valence-electron chi connectivity index (χ2n) is 3.72. The van der Waals surface area contributed by atoms with Gasteiger partial charge < -0.3 is 10.4 Å². The number of aliphatic hydroxyl groups is 1. The Hall–Kier alpha value is -1.40. The minimum absolute atomic E-state index is 0.0634. The summed E-state index contributed by atoms with van der Waals surface area (Å²) in [5, 5.41) is 11.1. The molecule has 0 saturated carbocycles. The first kappa shape index (κ1) is 12.1. The summed E-state index contributed by atoms with van der Waals surface area (Å²) in [5.74, 6) is -2.01. The molecule has 1 aromatic carbocycles. The summed E-state index contributed by atoms with van der Waals surface area (Å²) in [7, 11) is 0. The second kappa shape index (κ2) is 4.46. The lowest BCUT2D eigenvalue weighted by Crippen LogP contribution is -2.12. The van der Waals surface area contributed by atoms with Crippen molar-refractivity contribution in [2.45, 2.75) is 17.1 Å². The number of carbonyl (C=O) groups is 2. The highest BCUT2D eigenvalue weighted by Crippen LogP contribution is 2.33. The van der Waals surface area contributed by atoms with Crippen molar-refractivity contribution in [2.24, 2.45) is 0 Å². The van der Waals surface area contributed by atoms with E-state index < -0.39 is 17.5 Å². The molecule has 1 atom stereocenters. The van der Waals surface area contributed by atoms with Gasteiger partial charge in [0, 0.05) is 10.1 Å². The molecule has 0 fully saturated rings. The highest BCUT2D eigenvalue weighted by Gasteiger charge is 2.29. The number of fused-ring (bicyclic) bond motifs is 1. The van der Waals surface area contributed by atoms with Crippen molar-refractivity contribution >= 4 is 29.1 Å². The number of carbonyl (C=O) groups excluding carboxylic acids is 2. The van der Waals surface area contributed by atoms with Crippen LogP contribution in [0.3, 0.4) is 0 Å². The van der Waals surface area contributed by atoms with Gasteiger partial charge in [-0.2, -0.15) is 0 Å². The van der Waals surface area contributed by atoms with E-state index in [9.17, 15) is 14.0 Å². The third kappa shape index (κ3) is 2.18. The van der Waals surface area contributed by atoms with Crippen LogP contribution in [0.5, 0.6) is 0 Å². The van der Waals surface area contributed by atoms with E-state index in [1.165, 1.54) is 6.07 Å². The fraction of sp³-hybridized carbons (Fsp3) is 0.273. The van der Waals surface area contributed by atoms with Crippen LogP contribution in [0, 0.1) is 5.82 Å². The molecule has 2 N–H and O–H groups in total. The molecule has 90 valence electrons. The monoisotopic (exact) mass is 255 g/mol. The predicted molar refractivity (Wildman–Crippen MR) is 61.8 cm³/mol. The number of nitrogens with one attached hydrogen (secondary N) is 1. The molecule has 17 heavy (non-hydrogen) atoms. The fourth-order valence-corrected chi connectivity index (χ4v) is 2.36. The molecule has 2 rings (SSSR count). The molecule has 1 heterocycles. The Morgan fingerprint density at radius 3 is 2.82 bits per heavy atom. The van der Waals surface area contributed by atoms with Crippen LogP contribution < -0.4 is 5.32 Å². The number of rotatable bonds is 3. The van der Waals surface area contributed by atoms with Crippen molar-refractivity contribution in [1.82, 2.24) is 0 Å². The number of ketones is 1. The van der Waals surface area contributed by atoms with Crippen LogP contribution in [0.4, 0.5) is 10.1 Å². The Kier molecular flexibility index (Phi) is 3.17. The van der Waals surface area contributed by atoms with Crippen LogP contribution in [0.2, 0.25) is 0 Å². The topological polar surface area (TPSA) is 66.4 Å². The minimum Gasteiger partial charge on any atom is -0.395 e. The lowest BCUT2D eigenvalue weighted by Gasteiger charge is -2.09. The largest absolute Gasteiger partial charge is 0.395 e. The Bertz CT molecular complexity index is 504. The first-order valence-corrected chi connectivity index (χ1v) is 5.87. The predicted octanol–water partition coefficient (Wildman–Crippen LogP) is 1.43. The molecule has 1 unspecified atom stereocenters. The number of Topliss-reactive ketones (excluding diaryl/α,β-unsaturated/α-hetero) is 1. The normalized spacial score (nSPS) is 15.7. The highest BCUT2D eigenvalue weighted by atomic mass is 32.2. The highest BCUT2D eigenvalue weighted by molar-refractivity contribution is 8.00. The summed E-state index contributed by atoms with van der Waals surface area (Å²) >= 11 is 1.15. The fourth-order valence-electron chi connectivity index (χ4n) is 1.49. The van der Waals surface area contributed by atoms with Gasteiger partial charge in [-0.3, -0.25) is 9.59 Å². The zero-order valence-electron chi connectivity index (χ0n) is 8.99. The van der Waals surface area contributed by atoms with Gasteiger partial charge in [-0.15, -0.1) is 11.8 Å². The van der Waals surface area contributed by atoms with Crippen LogP contribution in [-0.4, -0.2) is 28.7 Å². The molecule has 0 radical (unpaired) electrons. The Morgan fingerprint density at radius 1 is 1.47 bits per heavy atom. The van der Waals surface area contributed by atoms with Gasteiger partial charge in [0.25, 0.3) is 11.7 Å². The van der Waals surface area contributed by atoms with Gasteiger partial charge in [0.1, 0.15) is 5.82 Å². The second-order valence-corrected chi connectivity index (χ2v) is 5.20. The molecule has 0 bridgehead atoms. The van der Waals surface area contributed by atoms with E-state index in [1.54, 1.807) is 6.92 Å². The number of aliphatic hydroxyl groups excluding tert-OH is 1. The molecule has 0 spiro atoms. The van der Waals surface area contributed by atoms with Crippen molar-refractivity contribution in [3.05, 3.63) is 23.5 Å². The maximum Gasteiger partial charge on any atom is 0.296 e. The van der Waals surface area contributed by atoms with Gasteiger partial charge in [-0.25, -0.2) is 4.39 Å². The molecule has 1 aliphatic heterocycles. The number of hydrogen-bond donors (Lipinski definition) is 2. The minimum atomic E-state index is -0.739. The van der Waals surface area contributed by atoms with Gasteiger partial charge >= 0.3 is 0 Å². The molecule has 1 amide bonds. The lowest BCUT2D eigenvalue weighted by molar-refractivity contribution is -0.112. The Balaban J connectivity index is 2.36. The molecule has 0 aromatic heterocycles. The first-order chi connectivity index (χ1) is 8.02. The maximum atomic E-state index is 13.6. The van der Waals surface area contributed by atoms with Gasteiger partial charge in [0.2, 0.25) is 0 Å². The number of thioether (sulfide) groups is 1. The van der Waals surface area contributed by atoms with Crippen LogP contribution in [0.1, 0.15) is 17.3 Å². The molecule has 6 heteroatoms. The van der Waals surface area contributed by atoms with E-state index in [0.717, 1.165) is 17.8 Å². The van der Waals surface area contributed by atoms with Gasteiger partial charge in [0.05, 0.1) is 17.9 Å². The van der Waals surface area contributed by atoms with E-state index >= 15 is 0 Å². The molecular weight excluding hydrogens is 245 g/mol. The quantitative estimate of drug-likeness (QED) is 0.633. The third-order valence-electron chi connectivity index (χ3n) is 2.36. The maximum absolute atomic E-state index is 13.6. The summed E-state index contributed by atoms with van der Waals surface area (Å²) in [5.41, 5.74) is 0.391. The summed E-state index contributed by atoms with van der Waals surface area (Å²) in [6.45, 7) is 1.67. The number of amides is 1. The third-order valence-corrected chi connectivity index (χ3v) is 3.47. The average Bonchev–Trinajstić information content (AvgIpc) is 2.56. The van der Waals surface area contributed by atoms with E-state index in [0.29, 0.717) is 10.6 Å². The van der Waals surface area contributed by atoms with Crippen LogP contribution in [0.15, 0.2) is 17.0 Å². The Morgan fingerprint density at radius 2 is 2.18 bits per heavy atom. The molecule has 4 nitrogen and oxygen atoms in total. The molecule has 1 aliphatic rings. The number of halogens is 1. The van der Waals surface area contributed by atoms with Crippen LogP contribution >= 0.6 is 11.8 Å². The zero-order chi connectivity index (χ0) is 12.6. The average molecular weight is 255 g/mol. The Labute approximate surface area is 101 Å². The zero-order valence-corrected chi connectivity index (χ0v) is 9.81. The summed E-state index contributed by atoms with van der Waals surface area (Å²) < 4.78 is 13.6. The smallest absolute Gasteiger partial charge is 0.296 e. The van der Waals surface area contributed by atoms with Crippen molar-refractivity contribution in [2.75, 3.05) is 11.9 Å². The molecule has 0 saturated heterocycles. The van der Waals surface area contributed by atoms with Crippen LogP contribution in [-0.2, 0) is 4.79 Å². The van der Waals surface area contributed by atoms with E-state index in [2.05, 4.69) is 5.32 Å². The van der Waals surface area contributed by atoms with Gasteiger partial charge in [-0.05, 0) is 12.1 Å². The SMILES string of the molecule is CC(CO)Sc1cc2c(cc1F)C(=O)C(=O)N2. The summed E-state index contributed by atoms with van der Waals surface area (Å²) in [6.07, 6.45) is 0. The summed E-state index contributed by atoms with van der Waals surface area (Å²) in [6, 6.07) is 2.48.